The number of halogens is 1. The van der Waals surface area contributed by atoms with E-state index in [4.69, 9.17) is 11.6 Å². The van der Waals surface area contributed by atoms with Crippen molar-refractivity contribution in [1.29, 1.82) is 0 Å². The Balaban J connectivity index is 1.66. The van der Waals surface area contributed by atoms with E-state index in [-0.39, 0.29) is 11.5 Å². The topological polar surface area (TPSA) is 64.0 Å². The maximum Gasteiger partial charge on any atom is 0.263 e. The van der Waals surface area contributed by atoms with Crippen LogP contribution in [0.15, 0.2) is 35.4 Å². The van der Waals surface area contributed by atoms with E-state index in [0.29, 0.717) is 22.0 Å². The number of nitrogens with zero attached hydrogens (tertiary/aromatic N) is 2. The van der Waals surface area contributed by atoms with Gasteiger partial charge in [0.25, 0.3) is 5.56 Å². The molecule has 0 aliphatic heterocycles. The van der Waals surface area contributed by atoms with Crippen LogP contribution in [0.1, 0.15) is 36.8 Å². The zero-order valence-electron chi connectivity index (χ0n) is 15.2. The maximum absolute atomic E-state index is 13.1. The third-order valence-corrected chi connectivity index (χ3v) is 6.56. The van der Waals surface area contributed by atoms with Gasteiger partial charge in [-0.15, -0.1) is 11.3 Å². The highest BCUT2D eigenvalue weighted by molar-refractivity contribution is 7.18. The predicted octanol–water partition coefficient (Wildman–Crippen LogP) is 4.44. The molecule has 1 aliphatic carbocycles. The summed E-state index contributed by atoms with van der Waals surface area (Å²) < 4.78 is 1.43. The van der Waals surface area contributed by atoms with Crippen LogP contribution >= 0.6 is 22.9 Å². The van der Waals surface area contributed by atoms with Crippen molar-refractivity contribution < 1.29 is 4.79 Å². The second kappa shape index (κ2) is 7.09. The van der Waals surface area contributed by atoms with Crippen molar-refractivity contribution in [2.75, 3.05) is 5.32 Å². The number of nitrogens with one attached hydrogen (secondary N) is 1. The first-order valence-corrected chi connectivity index (χ1v) is 10.2. The largest absolute Gasteiger partial charge is 0.324 e. The van der Waals surface area contributed by atoms with Crippen molar-refractivity contribution in [3.63, 3.8) is 0 Å². The molecule has 27 heavy (non-hydrogen) atoms. The lowest BCUT2D eigenvalue weighted by molar-refractivity contribution is -0.118. The van der Waals surface area contributed by atoms with Crippen molar-refractivity contribution in [3.05, 3.63) is 56.4 Å². The van der Waals surface area contributed by atoms with Gasteiger partial charge in [-0.3, -0.25) is 14.2 Å². The number of rotatable bonds is 3. The molecule has 1 N–H and O–H groups in total. The molecule has 0 bridgehead atoms. The Morgan fingerprint density at radius 2 is 2.11 bits per heavy atom. The van der Waals surface area contributed by atoms with Crippen LogP contribution in [0.25, 0.3) is 10.2 Å². The van der Waals surface area contributed by atoms with Gasteiger partial charge in [0.2, 0.25) is 5.91 Å². The van der Waals surface area contributed by atoms with Crippen molar-refractivity contribution >= 4 is 44.7 Å². The van der Waals surface area contributed by atoms with E-state index < -0.39 is 6.04 Å². The lowest BCUT2D eigenvalue weighted by Crippen LogP contribution is -2.32. The van der Waals surface area contributed by atoms with Crippen molar-refractivity contribution in [3.8, 4) is 0 Å². The predicted molar refractivity (Wildman–Crippen MR) is 110 cm³/mol. The molecule has 4 rings (SSSR count). The number of hydrogen-bond donors (Lipinski definition) is 1. The third kappa shape index (κ3) is 3.39. The number of hydrogen-bond acceptors (Lipinski definition) is 4. The summed E-state index contributed by atoms with van der Waals surface area (Å²) in [4.78, 5) is 32.3. The Morgan fingerprint density at radius 3 is 2.85 bits per heavy atom. The Morgan fingerprint density at radius 1 is 1.37 bits per heavy atom. The van der Waals surface area contributed by atoms with Crippen LogP contribution in [-0.2, 0) is 17.6 Å². The van der Waals surface area contributed by atoms with Crippen LogP contribution in [0.3, 0.4) is 0 Å². The van der Waals surface area contributed by atoms with E-state index >= 15 is 0 Å². The lowest BCUT2D eigenvalue weighted by atomic mass is 9.89. The van der Waals surface area contributed by atoms with E-state index in [1.165, 1.54) is 15.8 Å². The van der Waals surface area contributed by atoms with Gasteiger partial charge in [0.15, 0.2) is 0 Å². The summed E-state index contributed by atoms with van der Waals surface area (Å²) >= 11 is 7.49. The van der Waals surface area contributed by atoms with Crippen LogP contribution < -0.4 is 10.9 Å². The fourth-order valence-electron chi connectivity index (χ4n) is 3.53. The van der Waals surface area contributed by atoms with Gasteiger partial charge >= 0.3 is 0 Å². The molecule has 5 nitrogen and oxygen atoms in total. The summed E-state index contributed by atoms with van der Waals surface area (Å²) in [6, 6.07) is 6.21. The van der Waals surface area contributed by atoms with Gasteiger partial charge in [0.05, 0.1) is 11.7 Å². The summed E-state index contributed by atoms with van der Waals surface area (Å²) in [5.74, 6) is 0.371. The van der Waals surface area contributed by atoms with Crippen LogP contribution in [0.2, 0.25) is 5.02 Å². The normalized spacial score (nSPS) is 17.5. The molecule has 1 aromatic carbocycles. The number of carbonyl (C=O) groups excluding carboxylic acids is 1. The van der Waals surface area contributed by atoms with Crippen molar-refractivity contribution in [1.82, 2.24) is 9.55 Å². The summed E-state index contributed by atoms with van der Waals surface area (Å²) in [7, 11) is 0. The van der Waals surface area contributed by atoms with Gasteiger partial charge < -0.3 is 5.32 Å². The molecule has 0 saturated carbocycles. The number of thiophene rings is 1. The molecule has 0 spiro atoms. The number of carbonyl (C=O) groups is 1. The van der Waals surface area contributed by atoms with Gasteiger partial charge in [-0.1, -0.05) is 18.5 Å². The summed E-state index contributed by atoms with van der Waals surface area (Å²) in [5, 5.41) is 4.11. The van der Waals surface area contributed by atoms with Crippen LogP contribution in [0.5, 0.6) is 0 Å². The molecule has 7 heteroatoms. The number of aromatic nitrogens is 2. The Kier molecular flexibility index (Phi) is 4.78. The minimum Gasteiger partial charge on any atom is -0.324 e. The first-order valence-electron chi connectivity index (χ1n) is 9.02. The van der Waals surface area contributed by atoms with Crippen LogP contribution in [0, 0.1) is 5.92 Å². The second-order valence-electron chi connectivity index (χ2n) is 7.16. The quantitative estimate of drug-likeness (QED) is 0.705. The molecule has 0 radical (unpaired) electrons. The summed E-state index contributed by atoms with van der Waals surface area (Å²) in [5.41, 5.74) is 1.64. The van der Waals surface area contributed by atoms with Gasteiger partial charge in [0, 0.05) is 15.6 Å². The molecule has 140 valence electrons. The third-order valence-electron chi connectivity index (χ3n) is 5.15. The molecule has 1 amide bonds. The standard InChI is InChI=1S/C20H20ClN3O2S/c1-11-3-8-15-16(9-11)27-19-17(15)20(26)24(10-22-19)12(2)18(25)23-14-6-4-13(21)5-7-14/h4-7,10-12H,3,8-9H2,1-2H3,(H,23,25)/t11-,12-/m1/s1. The highest BCUT2D eigenvalue weighted by Crippen LogP contribution is 2.35. The lowest BCUT2D eigenvalue weighted by Gasteiger charge is -2.18. The van der Waals surface area contributed by atoms with E-state index in [2.05, 4.69) is 17.2 Å². The van der Waals surface area contributed by atoms with E-state index in [0.717, 1.165) is 29.7 Å². The number of fused-ring (bicyclic) bond motifs is 3. The Hall–Kier alpha value is -2.18. The average molecular weight is 402 g/mol. The molecule has 2 aromatic heterocycles. The van der Waals surface area contributed by atoms with Gasteiger partial charge in [-0.25, -0.2) is 4.98 Å². The molecule has 3 aromatic rings. The zero-order chi connectivity index (χ0) is 19.1. The van der Waals surface area contributed by atoms with Gasteiger partial charge in [-0.05, 0) is 61.9 Å². The van der Waals surface area contributed by atoms with Gasteiger partial charge in [0.1, 0.15) is 10.9 Å². The molecule has 0 unspecified atom stereocenters. The highest BCUT2D eigenvalue weighted by Gasteiger charge is 2.25. The molecule has 2 atom stereocenters. The molecule has 1 aliphatic rings. The smallest absolute Gasteiger partial charge is 0.263 e. The van der Waals surface area contributed by atoms with Gasteiger partial charge in [-0.2, -0.15) is 0 Å². The molecular formula is C20H20ClN3O2S. The zero-order valence-corrected chi connectivity index (χ0v) is 16.7. The Bertz CT molecular complexity index is 1070. The molecule has 0 fully saturated rings. The SMILES string of the molecule is C[C@@H]1CCc2c(sc3ncn([C@H](C)C(=O)Nc4ccc(Cl)cc4)c(=O)c23)C1. The number of aryl methyl sites for hydroxylation is 1. The van der Waals surface area contributed by atoms with E-state index in [9.17, 15) is 9.59 Å². The second-order valence-corrected chi connectivity index (χ2v) is 8.68. The monoisotopic (exact) mass is 401 g/mol. The average Bonchev–Trinajstić information content (AvgIpc) is 3.01. The summed E-state index contributed by atoms with van der Waals surface area (Å²) in [6.07, 6.45) is 4.48. The number of amides is 1. The minimum absolute atomic E-state index is 0.134. The molecular weight excluding hydrogens is 382 g/mol. The van der Waals surface area contributed by atoms with Crippen LogP contribution in [0.4, 0.5) is 5.69 Å². The van der Waals surface area contributed by atoms with Crippen molar-refractivity contribution in [2.45, 2.75) is 39.2 Å². The molecule has 0 saturated heterocycles. The first kappa shape index (κ1) is 18.2. The highest BCUT2D eigenvalue weighted by atomic mass is 35.5. The Labute approximate surface area is 166 Å². The molecule has 2 heterocycles. The van der Waals surface area contributed by atoms with E-state index in [1.54, 1.807) is 42.5 Å². The first-order chi connectivity index (χ1) is 12.9. The van der Waals surface area contributed by atoms with E-state index in [1.807, 2.05) is 0 Å². The van der Waals surface area contributed by atoms with Crippen LogP contribution in [-0.4, -0.2) is 15.5 Å². The van der Waals surface area contributed by atoms with Crippen molar-refractivity contribution in [2.24, 2.45) is 5.92 Å². The maximum atomic E-state index is 13.1. The summed E-state index contributed by atoms with van der Waals surface area (Å²) in [6.45, 7) is 3.95. The fourth-order valence-corrected chi connectivity index (χ4v) is 4.99. The number of anilines is 1. The minimum atomic E-state index is -0.664. The number of benzene rings is 1. The fraction of sp³-hybridized carbons (Fsp3) is 0.350.